The van der Waals surface area contributed by atoms with E-state index in [-0.39, 0.29) is 29.4 Å². The SMILES string of the molecule is CC(=O)c1ccc(NC(=O)CN2C(=O)CC(C)Sc3ccccc32)cc1. The number of para-hydroxylation sites is 1. The number of amides is 2. The van der Waals surface area contributed by atoms with Crippen molar-refractivity contribution in [2.45, 2.75) is 30.4 Å². The monoisotopic (exact) mass is 368 g/mol. The van der Waals surface area contributed by atoms with E-state index in [0.717, 1.165) is 10.6 Å². The quantitative estimate of drug-likeness (QED) is 0.835. The number of benzene rings is 2. The fourth-order valence-electron chi connectivity index (χ4n) is 2.83. The molecule has 2 aromatic rings. The van der Waals surface area contributed by atoms with Gasteiger partial charge < -0.3 is 10.2 Å². The summed E-state index contributed by atoms with van der Waals surface area (Å²) in [7, 11) is 0. The average molecular weight is 368 g/mol. The molecule has 1 aliphatic rings. The summed E-state index contributed by atoms with van der Waals surface area (Å²) in [6.45, 7) is 3.46. The molecule has 0 aromatic heterocycles. The van der Waals surface area contributed by atoms with Crippen LogP contribution in [0, 0.1) is 0 Å². The van der Waals surface area contributed by atoms with Crippen molar-refractivity contribution in [3.05, 3.63) is 54.1 Å². The molecule has 0 radical (unpaired) electrons. The summed E-state index contributed by atoms with van der Waals surface area (Å²) in [6, 6.07) is 14.4. The fraction of sp³-hybridized carbons (Fsp3) is 0.250. The van der Waals surface area contributed by atoms with E-state index in [9.17, 15) is 14.4 Å². The van der Waals surface area contributed by atoms with Crippen LogP contribution in [-0.4, -0.2) is 29.4 Å². The van der Waals surface area contributed by atoms with Crippen LogP contribution in [0.15, 0.2) is 53.4 Å². The second-order valence-corrected chi connectivity index (χ2v) is 7.74. The number of ketones is 1. The number of nitrogens with one attached hydrogen (secondary N) is 1. The second-order valence-electron chi connectivity index (χ2n) is 6.26. The Morgan fingerprint density at radius 1 is 1.15 bits per heavy atom. The van der Waals surface area contributed by atoms with Crippen LogP contribution < -0.4 is 10.2 Å². The summed E-state index contributed by atoms with van der Waals surface area (Å²) in [5.41, 5.74) is 1.96. The molecule has 26 heavy (non-hydrogen) atoms. The number of anilines is 2. The number of fused-ring (bicyclic) bond motifs is 1. The molecule has 1 aliphatic heterocycles. The lowest BCUT2D eigenvalue weighted by atomic mass is 10.1. The Bertz CT molecular complexity index is 848. The molecule has 1 heterocycles. The first-order chi connectivity index (χ1) is 12.4. The third-order valence-corrected chi connectivity index (χ3v) is 5.29. The van der Waals surface area contributed by atoms with Gasteiger partial charge in [-0.15, -0.1) is 11.8 Å². The number of Topliss-reactive ketones (excluding diaryl/α,β-unsaturated/α-hetero) is 1. The number of nitrogens with zero attached hydrogens (tertiary/aromatic N) is 1. The maximum absolute atomic E-state index is 12.6. The molecule has 2 amide bonds. The third kappa shape index (κ3) is 4.14. The van der Waals surface area contributed by atoms with Crippen LogP contribution in [-0.2, 0) is 9.59 Å². The molecule has 2 aromatic carbocycles. The topological polar surface area (TPSA) is 66.5 Å². The van der Waals surface area contributed by atoms with Gasteiger partial charge in [-0.2, -0.15) is 0 Å². The maximum atomic E-state index is 12.6. The van der Waals surface area contributed by atoms with Crippen LogP contribution in [0.1, 0.15) is 30.6 Å². The molecule has 6 heteroatoms. The maximum Gasteiger partial charge on any atom is 0.244 e. The molecule has 1 N–H and O–H groups in total. The van der Waals surface area contributed by atoms with Gasteiger partial charge in [-0.3, -0.25) is 14.4 Å². The van der Waals surface area contributed by atoms with Gasteiger partial charge in [0, 0.05) is 27.8 Å². The molecule has 0 saturated heterocycles. The molecule has 0 fully saturated rings. The molecule has 0 saturated carbocycles. The Balaban J connectivity index is 1.75. The molecule has 0 spiro atoms. The van der Waals surface area contributed by atoms with Crippen molar-refractivity contribution in [1.29, 1.82) is 0 Å². The highest BCUT2D eigenvalue weighted by atomic mass is 32.2. The van der Waals surface area contributed by atoms with Crippen LogP contribution in [0.25, 0.3) is 0 Å². The van der Waals surface area contributed by atoms with Crippen LogP contribution in [0.3, 0.4) is 0 Å². The lowest BCUT2D eigenvalue weighted by Crippen LogP contribution is -2.38. The van der Waals surface area contributed by atoms with Crippen molar-refractivity contribution in [2.75, 3.05) is 16.8 Å². The largest absolute Gasteiger partial charge is 0.325 e. The van der Waals surface area contributed by atoms with Crippen molar-refractivity contribution in [1.82, 2.24) is 0 Å². The minimum absolute atomic E-state index is 0.0266. The Labute approximate surface area is 156 Å². The first kappa shape index (κ1) is 18.2. The van der Waals surface area contributed by atoms with Crippen LogP contribution in [0.2, 0.25) is 0 Å². The summed E-state index contributed by atoms with van der Waals surface area (Å²) in [4.78, 5) is 38.9. The number of carbonyl (C=O) groups excluding carboxylic acids is 3. The van der Waals surface area contributed by atoms with E-state index in [0.29, 0.717) is 17.7 Å². The van der Waals surface area contributed by atoms with Gasteiger partial charge in [0.1, 0.15) is 6.54 Å². The minimum Gasteiger partial charge on any atom is -0.325 e. The standard InChI is InChI=1S/C20H20N2O3S/c1-13-11-20(25)22(17-5-3-4-6-18(17)26-13)12-19(24)21-16-9-7-15(8-10-16)14(2)23/h3-10,13H,11-12H2,1-2H3,(H,21,24). The smallest absolute Gasteiger partial charge is 0.244 e. The molecular weight excluding hydrogens is 348 g/mol. The van der Waals surface area contributed by atoms with Crippen molar-refractivity contribution >= 4 is 40.7 Å². The van der Waals surface area contributed by atoms with E-state index in [4.69, 9.17) is 0 Å². The molecule has 0 bridgehead atoms. The van der Waals surface area contributed by atoms with E-state index in [1.807, 2.05) is 31.2 Å². The predicted octanol–water partition coefficient (Wildman–Crippen LogP) is 3.75. The summed E-state index contributed by atoms with van der Waals surface area (Å²) in [6.07, 6.45) is 0.389. The Hall–Kier alpha value is -2.60. The highest BCUT2D eigenvalue weighted by molar-refractivity contribution is 8.00. The first-order valence-corrected chi connectivity index (χ1v) is 9.29. The lowest BCUT2D eigenvalue weighted by Gasteiger charge is -2.22. The normalized spacial score (nSPS) is 16.6. The zero-order valence-corrected chi connectivity index (χ0v) is 15.5. The number of carbonyl (C=O) groups is 3. The van der Waals surface area contributed by atoms with Crippen molar-refractivity contribution < 1.29 is 14.4 Å². The van der Waals surface area contributed by atoms with Crippen molar-refractivity contribution in [2.24, 2.45) is 0 Å². The fourth-order valence-corrected chi connectivity index (χ4v) is 3.95. The third-order valence-electron chi connectivity index (χ3n) is 4.12. The molecule has 1 atom stereocenters. The molecule has 3 rings (SSSR count). The van der Waals surface area contributed by atoms with Gasteiger partial charge in [0.2, 0.25) is 11.8 Å². The van der Waals surface area contributed by atoms with Crippen molar-refractivity contribution in [3.8, 4) is 0 Å². The Kier molecular flexibility index (Phi) is 5.42. The van der Waals surface area contributed by atoms with E-state index in [2.05, 4.69) is 5.32 Å². The van der Waals surface area contributed by atoms with Gasteiger partial charge in [0.25, 0.3) is 0 Å². The first-order valence-electron chi connectivity index (χ1n) is 8.41. The zero-order valence-electron chi connectivity index (χ0n) is 14.7. The van der Waals surface area contributed by atoms with Gasteiger partial charge in [-0.1, -0.05) is 19.1 Å². The second kappa shape index (κ2) is 7.74. The van der Waals surface area contributed by atoms with Gasteiger partial charge in [0.05, 0.1) is 5.69 Å². The summed E-state index contributed by atoms with van der Waals surface area (Å²) >= 11 is 1.65. The Morgan fingerprint density at radius 3 is 2.54 bits per heavy atom. The van der Waals surface area contributed by atoms with E-state index in [1.54, 1.807) is 40.9 Å². The number of hydrogen-bond donors (Lipinski definition) is 1. The van der Waals surface area contributed by atoms with Gasteiger partial charge >= 0.3 is 0 Å². The van der Waals surface area contributed by atoms with E-state index < -0.39 is 0 Å². The van der Waals surface area contributed by atoms with Gasteiger partial charge in [-0.05, 0) is 43.3 Å². The van der Waals surface area contributed by atoms with Crippen LogP contribution in [0.4, 0.5) is 11.4 Å². The highest BCUT2D eigenvalue weighted by Crippen LogP contribution is 2.37. The summed E-state index contributed by atoms with van der Waals surface area (Å²) < 4.78 is 0. The number of thioether (sulfide) groups is 1. The summed E-state index contributed by atoms with van der Waals surface area (Å²) in [5.74, 6) is -0.360. The number of rotatable bonds is 4. The molecule has 0 aliphatic carbocycles. The lowest BCUT2D eigenvalue weighted by molar-refractivity contribution is -0.121. The van der Waals surface area contributed by atoms with E-state index >= 15 is 0 Å². The highest BCUT2D eigenvalue weighted by Gasteiger charge is 2.27. The average Bonchev–Trinajstić information content (AvgIpc) is 2.71. The van der Waals surface area contributed by atoms with Gasteiger partial charge in [-0.25, -0.2) is 0 Å². The molecule has 5 nitrogen and oxygen atoms in total. The number of hydrogen-bond acceptors (Lipinski definition) is 4. The molecule has 134 valence electrons. The van der Waals surface area contributed by atoms with Crippen molar-refractivity contribution in [3.63, 3.8) is 0 Å². The predicted molar refractivity (Wildman–Crippen MR) is 104 cm³/mol. The Morgan fingerprint density at radius 2 is 1.85 bits per heavy atom. The zero-order chi connectivity index (χ0) is 18.7. The minimum atomic E-state index is -0.275. The summed E-state index contributed by atoms with van der Waals surface area (Å²) in [5, 5.41) is 2.95. The van der Waals surface area contributed by atoms with Crippen LogP contribution in [0.5, 0.6) is 0 Å². The molecule has 1 unspecified atom stereocenters. The molecular formula is C20H20N2O3S. The van der Waals surface area contributed by atoms with Gasteiger partial charge in [0.15, 0.2) is 5.78 Å². The van der Waals surface area contributed by atoms with Crippen LogP contribution >= 0.6 is 11.8 Å². The van der Waals surface area contributed by atoms with E-state index in [1.165, 1.54) is 6.92 Å².